The van der Waals surface area contributed by atoms with Crippen LogP contribution < -0.4 is 0 Å². The number of carbonyl (C=O) groups excluding carboxylic acids is 1. The maximum atomic E-state index is 12.4. The van der Waals surface area contributed by atoms with Gasteiger partial charge in [0.1, 0.15) is 6.54 Å². The highest BCUT2D eigenvalue weighted by Gasteiger charge is 2.22. The molecule has 1 aromatic heterocycles. The largest absolute Gasteiger partial charge is 0.384 e. The summed E-state index contributed by atoms with van der Waals surface area (Å²) in [7, 11) is 1.74. The van der Waals surface area contributed by atoms with Gasteiger partial charge in [0.2, 0.25) is 5.91 Å². The zero-order chi connectivity index (χ0) is 14.7. The summed E-state index contributed by atoms with van der Waals surface area (Å²) in [5.74, 6) is 0.818. The number of piperidine rings is 1. The zero-order valence-corrected chi connectivity index (χ0v) is 12.5. The lowest BCUT2D eigenvalue weighted by Gasteiger charge is -2.31. The third-order valence-electron chi connectivity index (χ3n) is 4.36. The number of rotatable bonds is 4. The average molecular weight is 286 g/mol. The predicted octanol–water partition coefficient (Wildman–Crippen LogP) is 2.53. The maximum Gasteiger partial charge on any atom is 0.242 e. The lowest BCUT2D eigenvalue weighted by Crippen LogP contribution is -2.40. The minimum absolute atomic E-state index is 0.215. The summed E-state index contributed by atoms with van der Waals surface area (Å²) in [6, 6.07) is 10.2. The van der Waals surface area contributed by atoms with E-state index in [1.54, 1.807) is 7.11 Å². The number of hydrogen-bond donors (Lipinski definition) is 0. The third kappa shape index (κ3) is 3.10. The van der Waals surface area contributed by atoms with Crippen molar-refractivity contribution in [2.24, 2.45) is 5.92 Å². The summed E-state index contributed by atoms with van der Waals surface area (Å²) in [5, 5.41) is 1.18. The lowest BCUT2D eigenvalue weighted by molar-refractivity contribution is -0.133. The Hall–Kier alpha value is -1.81. The van der Waals surface area contributed by atoms with Crippen LogP contribution in [0.1, 0.15) is 12.8 Å². The van der Waals surface area contributed by atoms with Crippen molar-refractivity contribution in [3.05, 3.63) is 36.5 Å². The number of aromatic nitrogens is 1. The summed E-state index contributed by atoms with van der Waals surface area (Å²) < 4.78 is 7.24. The van der Waals surface area contributed by atoms with Gasteiger partial charge in [-0.05, 0) is 36.3 Å². The molecule has 2 aromatic rings. The molecule has 112 valence electrons. The van der Waals surface area contributed by atoms with Crippen molar-refractivity contribution in [1.82, 2.24) is 9.47 Å². The molecule has 0 radical (unpaired) electrons. The van der Waals surface area contributed by atoms with Gasteiger partial charge in [0.15, 0.2) is 0 Å². The summed E-state index contributed by atoms with van der Waals surface area (Å²) in [4.78, 5) is 14.4. The number of nitrogens with zero attached hydrogens (tertiary/aromatic N) is 2. The monoisotopic (exact) mass is 286 g/mol. The Kier molecular flexibility index (Phi) is 4.25. The molecule has 1 aliphatic rings. The molecule has 4 nitrogen and oxygen atoms in total. The fourth-order valence-electron chi connectivity index (χ4n) is 3.11. The molecule has 1 fully saturated rings. The van der Waals surface area contributed by atoms with E-state index in [4.69, 9.17) is 4.74 Å². The van der Waals surface area contributed by atoms with E-state index < -0.39 is 0 Å². The molecule has 0 spiro atoms. The molecule has 1 aromatic carbocycles. The van der Waals surface area contributed by atoms with E-state index in [0.717, 1.165) is 38.1 Å². The van der Waals surface area contributed by atoms with Crippen molar-refractivity contribution in [2.75, 3.05) is 26.8 Å². The SMILES string of the molecule is COCC1CCN(C(=O)Cn2ccc3ccccc32)CC1. The van der Waals surface area contributed by atoms with Gasteiger partial charge in [-0.25, -0.2) is 0 Å². The van der Waals surface area contributed by atoms with Crippen molar-refractivity contribution in [3.8, 4) is 0 Å². The molecule has 4 heteroatoms. The normalized spacial score (nSPS) is 16.5. The third-order valence-corrected chi connectivity index (χ3v) is 4.36. The Balaban J connectivity index is 1.62. The number of amides is 1. The van der Waals surface area contributed by atoms with Crippen molar-refractivity contribution in [3.63, 3.8) is 0 Å². The second-order valence-electron chi connectivity index (χ2n) is 5.78. The molecule has 0 atom stereocenters. The Morgan fingerprint density at radius 2 is 2.00 bits per heavy atom. The summed E-state index contributed by atoms with van der Waals surface area (Å²) in [5.41, 5.74) is 1.13. The molecule has 21 heavy (non-hydrogen) atoms. The van der Waals surface area contributed by atoms with Gasteiger partial charge in [0.25, 0.3) is 0 Å². The molecule has 0 unspecified atom stereocenters. The van der Waals surface area contributed by atoms with Crippen LogP contribution in [0, 0.1) is 5.92 Å². The Morgan fingerprint density at radius 1 is 1.24 bits per heavy atom. The molecule has 0 bridgehead atoms. The maximum absolute atomic E-state index is 12.4. The smallest absolute Gasteiger partial charge is 0.242 e. The first-order chi connectivity index (χ1) is 10.3. The first kappa shape index (κ1) is 14.1. The number of para-hydroxylation sites is 1. The van der Waals surface area contributed by atoms with Crippen LogP contribution in [-0.4, -0.2) is 42.2 Å². The molecule has 2 heterocycles. The molecule has 0 saturated carbocycles. The van der Waals surface area contributed by atoms with E-state index in [9.17, 15) is 4.79 Å². The van der Waals surface area contributed by atoms with E-state index in [-0.39, 0.29) is 5.91 Å². The minimum atomic E-state index is 0.215. The average Bonchev–Trinajstić information content (AvgIpc) is 2.92. The Morgan fingerprint density at radius 3 is 2.76 bits per heavy atom. The van der Waals surface area contributed by atoms with Crippen molar-refractivity contribution < 1.29 is 9.53 Å². The van der Waals surface area contributed by atoms with Crippen LogP contribution in [0.15, 0.2) is 36.5 Å². The lowest BCUT2D eigenvalue weighted by atomic mass is 9.98. The highest BCUT2D eigenvalue weighted by molar-refractivity contribution is 5.83. The van der Waals surface area contributed by atoms with E-state index >= 15 is 0 Å². The quantitative estimate of drug-likeness (QED) is 0.865. The predicted molar refractivity (Wildman–Crippen MR) is 83.1 cm³/mol. The second-order valence-corrected chi connectivity index (χ2v) is 5.78. The van der Waals surface area contributed by atoms with Crippen LogP contribution in [0.2, 0.25) is 0 Å². The fraction of sp³-hybridized carbons (Fsp3) is 0.471. The molecule has 1 amide bonds. The Bertz CT molecular complexity index is 612. The number of hydrogen-bond acceptors (Lipinski definition) is 2. The van der Waals surface area contributed by atoms with Crippen molar-refractivity contribution >= 4 is 16.8 Å². The van der Waals surface area contributed by atoms with E-state index in [1.165, 1.54) is 5.39 Å². The number of ether oxygens (including phenoxy) is 1. The summed E-state index contributed by atoms with van der Waals surface area (Å²) in [6.45, 7) is 2.95. The van der Waals surface area contributed by atoms with Crippen molar-refractivity contribution in [2.45, 2.75) is 19.4 Å². The molecule has 1 saturated heterocycles. The van der Waals surface area contributed by atoms with E-state index in [0.29, 0.717) is 12.5 Å². The fourth-order valence-corrected chi connectivity index (χ4v) is 3.11. The van der Waals surface area contributed by atoms with Gasteiger partial charge in [-0.15, -0.1) is 0 Å². The van der Waals surface area contributed by atoms with Gasteiger partial charge in [0.05, 0.1) is 0 Å². The molecule has 3 rings (SSSR count). The zero-order valence-electron chi connectivity index (χ0n) is 12.5. The number of benzene rings is 1. The summed E-state index contributed by atoms with van der Waals surface area (Å²) in [6.07, 6.45) is 4.10. The molecular formula is C17H22N2O2. The minimum Gasteiger partial charge on any atom is -0.384 e. The van der Waals surface area contributed by atoms with Gasteiger partial charge in [-0.1, -0.05) is 18.2 Å². The standard InChI is InChI=1S/C17H22N2O2/c1-21-13-14-6-9-18(10-7-14)17(20)12-19-11-8-15-4-2-3-5-16(15)19/h2-5,8,11,14H,6-7,9-10,12-13H2,1H3. The second kappa shape index (κ2) is 6.31. The number of carbonyl (C=O) groups is 1. The molecule has 0 aliphatic carbocycles. The van der Waals surface area contributed by atoms with Crippen LogP contribution in [0.4, 0.5) is 0 Å². The number of methoxy groups -OCH3 is 1. The van der Waals surface area contributed by atoms with Crippen LogP contribution >= 0.6 is 0 Å². The van der Waals surface area contributed by atoms with Gasteiger partial charge in [-0.2, -0.15) is 0 Å². The number of fused-ring (bicyclic) bond motifs is 1. The first-order valence-corrected chi connectivity index (χ1v) is 7.58. The Labute approximate surface area is 125 Å². The molecular weight excluding hydrogens is 264 g/mol. The van der Waals surface area contributed by atoms with Gasteiger partial charge >= 0.3 is 0 Å². The topological polar surface area (TPSA) is 34.5 Å². The van der Waals surface area contributed by atoms with Crippen LogP contribution in [-0.2, 0) is 16.1 Å². The van der Waals surface area contributed by atoms with Gasteiger partial charge in [0, 0.05) is 38.5 Å². The first-order valence-electron chi connectivity index (χ1n) is 7.58. The number of likely N-dealkylation sites (tertiary alicyclic amines) is 1. The van der Waals surface area contributed by atoms with Crippen LogP contribution in [0.25, 0.3) is 10.9 Å². The van der Waals surface area contributed by atoms with Gasteiger partial charge < -0.3 is 14.2 Å². The molecule has 1 aliphatic heterocycles. The highest BCUT2D eigenvalue weighted by Crippen LogP contribution is 2.19. The van der Waals surface area contributed by atoms with Crippen LogP contribution in [0.3, 0.4) is 0 Å². The highest BCUT2D eigenvalue weighted by atomic mass is 16.5. The van der Waals surface area contributed by atoms with Crippen LogP contribution in [0.5, 0.6) is 0 Å². The summed E-state index contributed by atoms with van der Waals surface area (Å²) >= 11 is 0. The van der Waals surface area contributed by atoms with Gasteiger partial charge in [-0.3, -0.25) is 4.79 Å². The van der Waals surface area contributed by atoms with E-state index in [2.05, 4.69) is 18.2 Å². The molecule has 0 N–H and O–H groups in total. The van der Waals surface area contributed by atoms with Crippen molar-refractivity contribution in [1.29, 1.82) is 0 Å². The van der Waals surface area contributed by atoms with E-state index in [1.807, 2.05) is 27.8 Å².